The number of hydrogen-bond donors (Lipinski definition) is 1. The number of aliphatic hydroxyl groups excluding tert-OH is 1. The van der Waals surface area contributed by atoms with Gasteiger partial charge in [-0.05, 0) is 0 Å². The molecule has 0 aromatic heterocycles. The number of hydrogen-bond acceptors (Lipinski definition) is 11. The third kappa shape index (κ3) is 6.82. The second-order valence-corrected chi connectivity index (χ2v) is 9.39. The van der Waals surface area contributed by atoms with Crippen LogP contribution in [-0.4, -0.2) is 80.3 Å². The Hall–Kier alpha value is -0.350. The second-order valence-electron chi connectivity index (χ2n) is 4.59. The summed E-state index contributed by atoms with van der Waals surface area (Å²) in [6.07, 6.45) is -4.96. The van der Waals surface area contributed by atoms with Gasteiger partial charge in [0.15, 0.2) is 12.4 Å². The first-order valence-corrected chi connectivity index (χ1v) is 11.1. The van der Waals surface area contributed by atoms with Crippen molar-refractivity contribution in [1.29, 1.82) is 0 Å². The van der Waals surface area contributed by atoms with Crippen molar-refractivity contribution in [3.8, 4) is 0 Å². The Bertz CT molecular complexity index is 692. The van der Waals surface area contributed by atoms with Crippen LogP contribution >= 0.6 is 0 Å². The maximum atomic E-state index is 11.3. The van der Waals surface area contributed by atoms with Gasteiger partial charge in [0.2, 0.25) is 0 Å². The van der Waals surface area contributed by atoms with E-state index >= 15 is 0 Å². The molecule has 0 bridgehead atoms. The van der Waals surface area contributed by atoms with Crippen LogP contribution in [0.15, 0.2) is 0 Å². The Morgan fingerprint density at radius 1 is 0.818 bits per heavy atom. The molecular formula is C8H16O11S3. The number of ether oxygens (including phenoxy) is 1. The normalized spacial score (nSPS) is 31.1. The molecule has 11 nitrogen and oxygen atoms in total. The molecule has 1 aliphatic heterocycles. The first-order valence-electron chi connectivity index (χ1n) is 5.62. The van der Waals surface area contributed by atoms with Gasteiger partial charge < -0.3 is 9.84 Å². The van der Waals surface area contributed by atoms with Crippen molar-refractivity contribution in [2.24, 2.45) is 0 Å². The van der Waals surface area contributed by atoms with Crippen molar-refractivity contribution in [2.45, 2.75) is 24.6 Å². The van der Waals surface area contributed by atoms with Crippen LogP contribution in [0.3, 0.4) is 0 Å². The van der Waals surface area contributed by atoms with Crippen molar-refractivity contribution < 1.29 is 47.6 Å². The monoisotopic (exact) mass is 384 g/mol. The predicted octanol–water partition coefficient (Wildman–Crippen LogP) is -2.63. The Morgan fingerprint density at radius 3 is 1.64 bits per heavy atom. The van der Waals surface area contributed by atoms with Gasteiger partial charge in [-0.25, -0.2) is 0 Å². The topological polar surface area (TPSA) is 160 Å². The summed E-state index contributed by atoms with van der Waals surface area (Å²) in [4.78, 5) is 0. The highest BCUT2D eigenvalue weighted by molar-refractivity contribution is 7.86. The van der Waals surface area contributed by atoms with E-state index in [4.69, 9.17) is 4.74 Å². The zero-order valence-electron chi connectivity index (χ0n) is 11.8. The molecule has 1 saturated heterocycles. The molecule has 0 amide bonds. The van der Waals surface area contributed by atoms with Gasteiger partial charge in [-0.2, -0.15) is 25.3 Å². The third-order valence-electron chi connectivity index (χ3n) is 2.27. The van der Waals surface area contributed by atoms with Crippen LogP contribution in [0, 0.1) is 0 Å². The average Bonchev–Trinajstić information content (AvgIpc) is 2.22. The van der Waals surface area contributed by atoms with Gasteiger partial charge in [0.25, 0.3) is 30.4 Å². The minimum Gasteiger partial charge on any atom is -0.366 e. The first-order chi connectivity index (χ1) is 9.68. The molecule has 0 saturated carbocycles. The van der Waals surface area contributed by atoms with Gasteiger partial charge in [0.05, 0.1) is 25.4 Å². The zero-order chi connectivity index (χ0) is 17.3. The third-order valence-corrected chi connectivity index (χ3v) is 4.01. The Labute approximate surface area is 128 Å². The lowest BCUT2D eigenvalue weighted by Crippen LogP contribution is -2.57. The molecule has 1 aliphatic rings. The largest absolute Gasteiger partial charge is 0.366 e. The lowest BCUT2D eigenvalue weighted by Gasteiger charge is -2.37. The summed E-state index contributed by atoms with van der Waals surface area (Å²) >= 11 is 0. The van der Waals surface area contributed by atoms with E-state index in [1.807, 2.05) is 0 Å². The minimum atomic E-state index is -4.14. The lowest BCUT2D eigenvalue weighted by molar-refractivity contribution is -0.232. The van der Waals surface area contributed by atoms with Crippen LogP contribution in [0.2, 0.25) is 0 Å². The van der Waals surface area contributed by atoms with E-state index in [0.29, 0.717) is 18.8 Å². The number of aliphatic hydroxyl groups is 1. The molecule has 14 heteroatoms. The van der Waals surface area contributed by atoms with Crippen LogP contribution in [0.4, 0.5) is 0 Å². The van der Waals surface area contributed by atoms with E-state index in [2.05, 4.69) is 12.5 Å². The molecule has 22 heavy (non-hydrogen) atoms. The van der Waals surface area contributed by atoms with Gasteiger partial charge in [0.1, 0.15) is 12.2 Å². The summed E-state index contributed by atoms with van der Waals surface area (Å²) in [5.74, 6) is 0. The van der Waals surface area contributed by atoms with E-state index in [-0.39, 0.29) is 0 Å². The fourth-order valence-corrected chi connectivity index (χ4v) is 3.55. The molecule has 0 unspecified atom stereocenters. The van der Waals surface area contributed by atoms with Crippen molar-refractivity contribution in [2.75, 3.05) is 25.4 Å². The SMILES string of the molecule is CS(=O)(=O)O[C@@H]1[C@H](OS(C)(=O)=O)[C@H](OS(C)(=O)=O)CO[C@H]1O. The molecule has 1 rings (SSSR count). The van der Waals surface area contributed by atoms with Crippen LogP contribution < -0.4 is 0 Å². The van der Waals surface area contributed by atoms with Crippen LogP contribution in [0.25, 0.3) is 0 Å². The molecule has 1 N–H and O–H groups in total. The van der Waals surface area contributed by atoms with E-state index in [0.717, 1.165) is 0 Å². The summed E-state index contributed by atoms with van der Waals surface area (Å²) in [6.45, 7) is -0.557. The standard InChI is InChI=1S/C8H16O11S3/c1-20(10,11)17-5-4-16-8(9)7(19-22(3,14)15)6(5)18-21(2,12)13/h5-9H,4H2,1-3H3/t5-,6-,7-,8-/m1/s1. The van der Waals surface area contributed by atoms with Gasteiger partial charge in [-0.15, -0.1) is 0 Å². The van der Waals surface area contributed by atoms with E-state index in [1.54, 1.807) is 0 Å². The molecule has 0 aliphatic carbocycles. The second kappa shape index (κ2) is 6.64. The van der Waals surface area contributed by atoms with Crippen LogP contribution in [0.1, 0.15) is 0 Å². The molecule has 1 fully saturated rings. The van der Waals surface area contributed by atoms with E-state index in [9.17, 15) is 30.4 Å². The fourth-order valence-electron chi connectivity index (χ4n) is 1.69. The summed E-state index contributed by atoms with van der Waals surface area (Å²) in [7, 11) is -12.3. The Morgan fingerprint density at radius 2 is 1.23 bits per heavy atom. The highest BCUT2D eigenvalue weighted by Gasteiger charge is 2.47. The highest BCUT2D eigenvalue weighted by atomic mass is 32.2. The quantitative estimate of drug-likeness (QED) is 0.477. The van der Waals surface area contributed by atoms with Gasteiger partial charge >= 0.3 is 0 Å². The van der Waals surface area contributed by atoms with Crippen LogP contribution in [-0.2, 0) is 47.6 Å². The molecule has 0 aromatic rings. The lowest BCUT2D eigenvalue weighted by atomic mass is 10.1. The molecule has 0 radical (unpaired) electrons. The molecule has 132 valence electrons. The molecule has 0 spiro atoms. The van der Waals surface area contributed by atoms with Crippen LogP contribution in [0.5, 0.6) is 0 Å². The molecular weight excluding hydrogens is 368 g/mol. The minimum absolute atomic E-state index is 0.557. The number of rotatable bonds is 6. The molecule has 4 atom stereocenters. The molecule has 0 aromatic carbocycles. The summed E-state index contributed by atoms with van der Waals surface area (Å²) in [5, 5.41) is 9.62. The highest BCUT2D eigenvalue weighted by Crippen LogP contribution is 2.25. The Balaban J connectivity index is 3.17. The Kier molecular flexibility index (Phi) is 5.95. The van der Waals surface area contributed by atoms with Crippen molar-refractivity contribution in [3.63, 3.8) is 0 Å². The van der Waals surface area contributed by atoms with E-state index in [1.165, 1.54) is 0 Å². The molecule has 1 heterocycles. The smallest absolute Gasteiger partial charge is 0.264 e. The van der Waals surface area contributed by atoms with Gasteiger partial charge in [0, 0.05) is 0 Å². The van der Waals surface area contributed by atoms with Gasteiger partial charge in [-0.3, -0.25) is 12.5 Å². The maximum absolute atomic E-state index is 11.3. The van der Waals surface area contributed by atoms with Crippen molar-refractivity contribution >= 4 is 30.4 Å². The van der Waals surface area contributed by atoms with Crippen molar-refractivity contribution in [3.05, 3.63) is 0 Å². The zero-order valence-corrected chi connectivity index (χ0v) is 14.2. The van der Waals surface area contributed by atoms with Gasteiger partial charge in [-0.1, -0.05) is 0 Å². The van der Waals surface area contributed by atoms with E-state index < -0.39 is 61.6 Å². The first kappa shape index (κ1) is 19.7. The predicted molar refractivity (Wildman–Crippen MR) is 71.1 cm³/mol. The summed E-state index contributed by atoms with van der Waals surface area (Å²) in [6, 6.07) is 0. The summed E-state index contributed by atoms with van der Waals surface area (Å²) < 4.78 is 85.8. The summed E-state index contributed by atoms with van der Waals surface area (Å²) in [5.41, 5.74) is 0. The fraction of sp³-hybridized carbons (Fsp3) is 1.00. The van der Waals surface area contributed by atoms with Crippen molar-refractivity contribution in [1.82, 2.24) is 0 Å². The average molecular weight is 384 g/mol. The maximum Gasteiger partial charge on any atom is 0.264 e.